The van der Waals surface area contributed by atoms with Crippen molar-refractivity contribution >= 4 is 17.3 Å². The van der Waals surface area contributed by atoms with Crippen LogP contribution in [0.3, 0.4) is 0 Å². The maximum absolute atomic E-state index is 4.85. The molecular formula is C24H24N6S. The first-order valence-electron chi connectivity index (χ1n) is 10.5. The second-order valence-electron chi connectivity index (χ2n) is 7.78. The lowest BCUT2D eigenvalue weighted by atomic mass is 10.1. The minimum Gasteiger partial charge on any atom is -0.354 e. The summed E-state index contributed by atoms with van der Waals surface area (Å²) in [6.07, 6.45) is 8.16. The fourth-order valence-corrected chi connectivity index (χ4v) is 4.72. The number of rotatable bonds is 7. The van der Waals surface area contributed by atoms with E-state index >= 15 is 0 Å². The van der Waals surface area contributed by atoms with Crippen molar-refractivity contribution in [1.82, 2.24) is 24.8 Å². The van der Waals surface area contributed by atoms with E-state index in [1.165, 1.54) is 12.0 Å². The topological polar surface area (TPSA) is 66.8 Å². The molecule has 1 aliphatic heterocycles. The molecule has 1 saturated heterocycles. The minimum absolute atomic E-state index is 0.595. The van der Waals surface area contributed by atoms with Gasteiger partial charge in [-0.3, -0.25) is 14.9 Å². The fourth-order valence-electron chi connectivity index (χ4n) is 3.99. The van der Waals surface area contributed by atoms with E-state index in [9.17, 15) is 0 Å². The standard InChI is InChI=1S/C24H24N6S/c1-2-5-18(6-3-1)16-30-11-8-19(17-30)13-27-24-28-14-20(21-15-25-9-10-26-21)23(29-24)22-7-4-12-31-22/h1-7,9-10,12,14-15,19H,8,11,13,16-17H2,(H,27,28,29). The fraction of sp³-hybridized carbons (Fsp3) is 0.250. The number of aromatic nitrogens is 4. The minimum atomic E-state index is 0.595. The van der Waals surface area contributed by atoms with Crippen molar-refractivity contribution in [3.05, 3.63) is 78.2 Å². The van der Waals surface area contributed by atoms with E-state index in [4.69, 9.17) is 4.98 Å². The Balaban J connectivity index is 1.27. The molecule has 1 unspecified atom stereocenters. The van der Waals surface area contributed by atoms with Gasteiger partial charge in [-0.1, -0.05) is 36.4 Å². The molecule has 156 valence electrons. The van der Waals surface area contributed by atoms with Crippen LogP contribution < -0.4 is 5.32 Å². The molecule has 31 heavy (non-hydrogen) atoms. The SMILES string of the molecule is c1ccc(CN2CCC(CNc3ncc(-c4cnccn4)c(-c4cccs4)n3)C2)cc1. The van der Waals surface area contributed by atoms with Crippen molar-refractivity contribution in [3.63, 3.8) is 0 Å². The van der Waals surface area contributed by atoms with E-state index in [0.717, 1.165) is 48.0 Å². The molecule has 1 atom stereocenters. The summed E-state index contributed by atoms with van der Waals surface area (Å²) in [4.78, 5) is 21.7. The summed E-state index contributed by atoms with van der Waals surface area (Å²) in [6, 6.07) is 14.8. The molecule has 0 bridgehead atoms. The maximum atomic E-state index is 4.85. The Kier molecular flexibility index (Phi) is 5.95. The van der Waals surface area contributed by atoms with Crippen molar-refractivity contribution in [1.29, 1.82) is 0 Å². The Labute approximate surface area is 186 Å². The van der Waals surface area contributed by atoms with Gasteiger partial charge in [-0.15, -0.1) is 11.3 Å². The highest BCUT2D eigenvalue weighted by Crippen LogP contribution is 2.32. The van der Waals surface area contributed by atoms with E-state index in [0.29, 0.717) is 11.9 Å². The molecule has 6 nitrogen and oxygen atoms in total. The van der Waals surface area contributed by atoms with Crippen LogP contribution in [0.15, 0.2) is 72.6 Å². The number of hydrogen-bond donors (Lipinski definition) is 1. The summed E-state index contributed by atoms with van der Waals surface area (Å²) in [7, 11) is 0. The van der Waals surface area contributed by atoms with Gasteiger partial charge in [0.1, 0.15) is 0 Å². The Hall–Kier alpha value is -3.16. The summed E-state index contributed by atoms with van der Waals surface area (Å²) >= 11 is 1.67. The smallest absolute Gasteiger partial charge is 0.223 e. The molecule has 5 rings (SSSR count). The number of benzene rings is 1. The van der Waals surface area contributed by atoms with Crippen LogP contribution in [0.4, 0.5) is 5.95 Å². The molecule has 7 heteroatoms. The van der Waals surface area contributed by atoms with Crippen molar-refractivity contribution in [3.8, 4) is 21.8 Å². The van der Waals surface area contributed by atoms with Gasteiger partial charge in [0.25, 0.3) is 0 Å². The molecule has 0 amide bonds. The van der Waals surface area contributed by atoms with E-state index in [2.05, 4.69) is 66.9 Å². The maximum Gasteiger partial charge on any atom is 0.223 e. The first-order chi connectivity index (χ1) is 15.3. The van der Waals surface area contributed by atoms with Crippen LogP contribution in [0.1, 0.15) is 12.0 Å². The quantitative estimate of drug-likeness (QED) is 0.464. The third-order valence-electron chi connectivity index (χ3n) is 5.55. The van der Waals surface area contributed by atoms with Crippen LogP contribution >= 0.6 is 11.3 Å². The van der Waals surface area contributed by atoms with Crippen molar-refractivity contribution in [2.45, 2.75) is 13.0 Å². The highest BCUT2D eigenvalue weighted by molar-refractivity contribution is 7.13. The largest absolute Gasteiger partial charge is 0.354 e. The van der Waals surface area contributed by atoms with Crippen LogP contribution in [0.5, 0.6) is 0 Å². The Morgan fingerprint density at radius 3 is 2.77 bits per heavy atom. The van der Waals surface area contributed by atoms with E-state index in [1.54, 1.807) is 29.9 Å². The van der Waals surface area contributed by atoms with Gasteiger partial charge < -0.3 is 5.32 Å². The van der Waals surface area contributed by atoms with Crippen LogP contribution in [0.2, 0.25) is 0 Å². The zero-order valence-corrected chi connectivity index (χ0v) is 18.0. The predicted octanol–water partition coefficient (Wildman–Crippen LogP) is 4.60. The van der Waals surface area contributed by atoms with E-state index in [-0.39, 0.29) is 0 Å². The Bertz CT molecular complexity index is 1100. The number of hydrogen-bond acceptors (Lipinski definition) is 7. The molecule has 1 fully saturated rings. The second kappa shape index (κ2) is 9.32. The van der Waals surface area contributed by atoms with E-state index in [1.807, 2.05) is 12.3 Å². The molecule has 0 saturated carbocycles. The lowest BCUT2D eigenvalue weighted by molar-refractivity contribution is 0.319. The number of likely N-dealkylation sites (tertiary alicyclic amines) is 1. The first-order valence-corrected chi connectivity index (χ1v) is 11.4. The lowest BCUT2D eigenvalue weighted by Gasteiger charge is -2.16. The summed E-state index contributed by atoms with van der Waals surface area (Å²) in [5.41, 5.74) is 3.95. The summed E-state index contributed by atoms with van der Waals surface area (Å²) in [5.74, 6) is 1.26. The second-order valence-corrected chi connectivity index (χ2v) is 8.73. The summed E-state index contributed by atoms with van der Waals surface area (Å²) in [6.45, 7) is 4.12. The normalized spacial score (nSPS) is 16.5. The van der Waals surface area contributed by atoms with Crippen LogP contribution in [0, 0.1) is 5.92 Å². The molecule has 1 aromatic carbocycles. The Morgan fingerprint density at radius 1 is 1.03 bits per heavy atom. The highest BCUT2D eigenvalue weighted by Gasteiger charge is 2.23. The third-order valence-corrected chi connectivity index (χ3v) is 6.43. The Morgan fingerprint density at radius 2 is 1.97 bits per heavy atom. The van der Waals surface area contributed by atoms with Gasteiger partial charge in [0.2, 0.25) is 5.95 Å². The zero-order chi connectivity index (χ0) is 20.9. The summed E-state index contributed by atoms with van der Waals surface area (Å²) in [5, 5.41) is 5.53. The van der Waals surface area contributed by atoms with Gasteiger partial charge in [-0.25, -0.2) is 9.97 Å². The number of anilines is 1. The van der Waals surface area contributed by atoms with Crippen molar-refractivity contribution in [2.24, 2.45) is 5.92 Å². The average molecular weight is 429 g/mol. The molecular weight excluding hydrogens is 404 g/mol. The zero-order valence-electron chi connectivity index (χ0n) is 17.2. The molecule has 1 aliphatic rings. The average Bonchev–Trinajstić information content (AvgIpc) is 3.51. The van der Waals surface area contributed by atoms with Crippen molar-refractivity contribution in [2.75, 3.05) is 25.0 Å². The first kappa shape index (κ1) is 19.8. The number of nitrogens with one attached hydrogen (secondary N) is 1. The van der Waals surface area contributed by atoms with Gasteiger partial charge in [-0.05, 0) is 35.9 Å². The number of thiophene rings is 1. The highest BCUT2D eigenvalue weighted by atomic mass is 32.1. The van der Waals surface area contributed by atoms with Gasteiger partial charge in [-0.2, -0.15) is 0 Å². The molecule has 0 radical (unpaired) electrons. The number of nitrogens with zero attached hydrogens (tertiary/aromatic N) is 5. The molecule has 4 aromatic rings. The van der Waals surface area contributed by atoms with Crippen LogP contribution in [0.25, 0.3) is 21.8 Å². The molecule has 3 aromatic heterocycles. The third kappa shape index (κ3) is 4.78. The summed E-state index contributed by atoms with van der Waals surface area (Å²) < 4.78 is 0. The van der Waals surface area contributed by atoms with Crippen molar-refractivity contribution < 1.29 is 0 Å². The van der Waals surface area contributed by atoms with Gasteiger partial charge in [0.15, 0.2) is 0 Å². The molecule has 0 aliphatic carbocycles. The molecule has 4 heterocycles. The molecule has 1 N–H and O–H groups in total. The van der Waals surface area contributed by atoms with Gasteiger partial charge in [0, 0.05) is 43.8 Å². The van der Waals surface area contributed by atoms with Crippen LogP contribution in [-0.4, -0.2) is 44.5 Å². The lowest BCUT2D eigenvalue weighted by Crippen LogP contribution is -2.23. The predicted molar refractivity (Wildman–Crippen MR) is 125 cm³/mol. The van der Waals surface area contributed by atoms with Gasteiger partial charge in [0.05, 0.1) is 22.5 Å². The van der Waals surface area contributed by atoms with E-state index < -0.39 is 0 Å². The van der Waals surface area contributed by atoms with Gasteiger partial charge >= 0.3 is 0 Å². The van der Waals surface area contributed by atoms with Crippen LogP contribution in [-0.2, 0) is 6.54 Å². The molecule has 0 spiro atoms. The monoisotopic (exact) mass is 428 g/mol.